The Morgan fingerprint density at radius 2 is 1.64 bits per heavy atom. The molecule has 3 aromatic carbocycles. The van der Waals surface area contributed by atoms with Gasteiger partial charge in [-0.15, -0.1) is 0 Å². The first-order valence-electron chi connectivity index (χ1n) is 11.6. The van der Waals surface area contributed by atoms with Gasteiger partial charge in [0.15, 0.2) is 5.78 Å². The minimum absolute atomic E-state index is 0.134. The van der Waals surface area contributed by atoms with Gasteiger partial charge in [0, 0.05) is 23.9 Å². The number of benzene rings is 3. The second-order valence-electron chi connectivity index (χ2n) is 9.35. The lowest BCUT2D eigenvalue weighted by molar-refractivity contribution is -0.384. The number of imide groups is 1. The summed E-state index contributed by atoms with van der Waals surface area (Å²) in [5, 5.41) is 11.3. The van der Waals surface area contributed by atoms with Crippen LogP contribution in [-0.4, -0.2) is 33.5 Å². The van der Waals surface area contributed by atoms with Crippen LogP contribution in [0.15, 0.2) is 79.0 Å². The highest BCUT2D eigenvalue weighted by atomic mass is 16.6. The van der Waals surface area contributed by atoms with Gasteiger partial charge in [0.25, 0.3) is 5.69 Å². The van der Waals surface area contributed by atoms with Gasteiger partial charge >= 0.3 is 0 Å². The van der Waals surface area contributed by atoms with Crippen molar-refractivity contribution in [3.63, 3.8) is 0 Å². The molecule has 6 rings (SSSR count). The molecule has 36 heavy (non-hydrogen) atoms. The van der Waals surface area contributed by atoms with Gasteiger partial charge in [-0.05, 0) is 36.3 Å². The Morgan fingerprint density at radius 3 is 2.39 bits per heavy atom. The second kappa shape index (κ2) is 7.98. The molecule has 4 atom stereocenters. The van der Waals surface area contributed by atoms with Crippen molar-refractivity contribution in [3.05, 3.63) is 111 Å². The van der Waals surface area contributed by atoms with Crippen molar-refractivity contribution >= 4 is 35.0 Å². The number of Topliss-reactive ketones (excluding diaryl/α,β-unsaturated/α-hetero) is 1. The van der Waals surface area contributed by atoms with E-state index < -0.39 is 40.5 Å². The highest BCUT2D eigenvalue weighted by Gasteiger charge is 2.64. The molecule has 0 saturated carbocycles. The Hall–Kier alpha value is -4.59. The van der Waals surface area contributed by atoms with Crippen LogP contribution in [0.1, 0.15) is 33.1 Å². The molecule has 3 aliphatic rings. The molecule has 0 spiro atoms. The Morgan fingerprint density at radius 1 is 0.917 bits per heavy atom. The van der Waals surface area contributed by atoms with Crippen LogP contribution < -0.4 is 4.90 Å². The normalized spacial score (nSPS) is 23.9. The number of nitro groups is 1. The standard InChI is InChI=1S/C28H21N3O5/c1-16-9-11-19(12-10-16)30-27(33)22-23(28(30)34)25(26(32)18-6-4-7-20(15-18)31(35)36)29-14-13-17-5-2-3-8-21(17)24(22)29/h2-15,22-25H,1H3/t22-,23+,24-,25+/m0/s1. The van der Waals surface area contributed by atoms with Crippen molar-refractivity contribution in [1.29, 1.82) is 0 Å². The number of rotatable bonds is 4. The Bertz CT molecular complexity index is 1480. The number of nitrogens with zero attached hydrogens (tertiary/aromatic N) is 3. The first-order chi connectivity index (χ1) is 17.4. The van der Waals surface area contributed by atoms with E-state index >= 15 is 0 Å². The molecular weight excluding hydrogens is 458 g/mol. The molecule has 0 bridgehead atoms. The molecule has 8 heteroatoms. The number of carbonyl (C=O) groups excluding carboxylic acids is 3. The van der Waals surface area contributed by atoms with Crippen molar-refractivity contribution in [3.8, 4) is 0 Å². The van der Waals surface area contributed by atoms with Crippen LogP contribution in [0.3, 0.4) is 0 Å². The summed E-state index contributed by atoms with van der Waals surface area (Å²) in [5.74, 6) is -2.89. The van der Waals surface area contributed by atoms with Gasteiger partial charge in [0.2, 0.25) is 11.8 Å². The maximum absolute atomic E-state index is 13.9. The van der Waals surface area contributed by atoms with Gasteiger partial charge in [-0.25, -0.2) is 4.90 Å². The molecule has 2 amide bonds. The number of amides is 2. The van der Waals surface area contributed by atoms with Crippen LogP contribution in [0, 0.1) is 28.9 Å². The van der Waals surface area contributed by atoms with Gasteiger partial charge in [0.1, 0.15) is 6.04 Å². The zero-order valence-corrected chi connectivity index (χ0v) is 19.3. The molecule has 0 radical (unpaired) electrons. The minimum atomic E-state index is -0.974. The zero-order chi connectivity index (χ0) is 25.1. The monoisotopic (exact) mass is 479 g/mol. The van der Waals surface area contributed by atoms with Gasteiger partial charge in [-0.3, -0.25) is 24.5 Å². The van der Waals surface area contributed by atoms with Crippen LogP contribution in [0.5, 0.6) is 0 Å². The van der Waals surface area contributed by atoms with E-state index in [4.69, 9.17) is 0 Å². The first-order valence-corrected chi connectivity index (χ1v) is 11.6. The molecule has 2 fully saturated rings. The van der Waals surface area contributed by atoms with E-state index in [1.165, 1.54) is 29.2 Å². The van der Waals surface area contributed by atoms with Crippen LogP contribution in [0.2, 0.25) is 0 Å². The number of nitro benzene ring substituents is 1. The molecule has 2 saturated heterocycles. The Balaban J connectivity index is 1.49. The summed E-state index contributed by atoms with van der Waals surface area (Å²) in [6.45, 7) is 1.92. The van der Waals surface area contributed by atoms with Crippen molar-refractivity contribution in [2.24, 2.45) is 11.8 Å². The number of hydrogen-bond donors (Lipinski definition) is 0. The average Bonchev–Trinajstić information content (AvgIpc) is 3.37. The molecule has 0 aromatic heterocycles. The third-order valence-electron chi connectivity index (χ3n) is 7.36. The fraction of sp³-hybridized carbons (Fsp3) is 0.179. The zero-order valence-electron chi connectivity index (χ0n) is 19.3. The van der Waals surface area contributed by atoms with Gasteiger partial charge in [-0.2, -0.15) is 0 Å². The Labute approximate surface area is 206 Å². The van der Waals surface area contributed by atoms with Crippen LogP contribution in [0.4, 0.5) is 11.4 Å². The molecular formula is C28H21N3O5. The number of fused-ring (bicyclic) bond motifs is 5. The molecule has 0 N–H and O–H groups in total. The van der Waals surface area contributed by atoms with Crippen molar-refractivity contribution in [2.75, 3.05) is 4.90 Å². The molecule has 178 valence electrons. The predicted octanol–water partition coefficient (Wildman–Crippen LogP) is 4.30. The predicted molar refractivity (Wildman–Crippen MR) is 132 cm³/mol. The van der Waals surface area contributed by atoms with Crippen LogP contribution >= 0.6 is 0 Å². The van der Waals surface area contributed by atoms with Crippen LogP contribution in [-0.2, 0) is 9.59 Å². The van der Waals surface area contributed by atoms with E-state index in [-0.39, 0.29) is 17.2 Å². The smallest absolute Gasteiger partial charge is 0.270 e. The maximum Gasteiger partial charge on any atom is 0.270 e. The highest BCUT2D eigenvalue weighted by molar-refractivity contribution is 6.24. The van der Waals surface area contributed by atoms with Gasteiger partial charge in [-0.1, -0.05) is 54.1 Å². The average molecular weight is 479 g/mol. The topological polar surface area (TPSA) is 101 Å². The number of carbonyl (C=O) groups is 3. The summed E-state index contributed by atoms with van der Waals surface area (Å²) in [4.78, 5) is 55.4. The minimum Gasteiger partial charge on any atom is -0.358 e. The summed E-state index contributed by atoms with van der Waals surface area (Å²) in [5.41, 5.74) is 3.19. The second-order valence-corrected chi connectivity index (χ2v) is 9.35. The third kappa shape index (κ3) is 3.11. The molecule has 0 unspecified atom stereocenters. The third-order valence-corrected chi connectivity index (χ3v) is 7.36. The maximum atomic E-state index is 13.9. The van der Waals surface area contributed by atoms with E-state index in [9.17, 15) is 24.5 Å². The molecule has 3 aliphatic heterocycles. The molecule has 8 nitrogen and oxygen atoms in total. The van der Waals surface area contributed by atoms with Crippen molar-refractivity contribution in [2.45, 2.75) is 19.0 Å². The lowest BCUT2D eigenvalue weighted by Gasteiger charge is -2.35. The number of aryl methyl sites for hydroxylation is 1. The lowest BCUT2D eigenvalue weighted by atomic mass is 9.83. The number of non-ortho nitro benzene ring substituents is 1. The summed E-state index contributed by atoms with van der Waals surface area (Å²) in [7, 11) is 0. The SMILES string of the molecule is Cc1ccc(N2C(=O)[C@@H]3[C@H](C2=O)[C@@H]2c4ccccc4C=CN2[C@H]3C(=O)c2cccc([N+](=O)[O-])c2)cc1. The van der Waals surface area contributed by atoms with E-state index in [1.54, 1.807) is 23.2 Å². The fourth-order valence-electron chi connectivity index (χ4n) is 5.75. The summed E-state index contributed by atoms with van der Waals surface area (Å²) >= 11 is 0. The quantitative estimate of drug-likeness (QED) is 0.239. The van der Waals surface area contributed by atoms with Crippen molar-refractivity contribution in [1.82, 2.24) is 4.90 Å². The van der Waals surface area contributed by atoms with Gasteiger partial charge < -0.3 is 4.90 Å². The lowest BCUT2D eigenvalue weighted by Crippen LogP contribution is -2.44. The van der Waals surface area contributed by atoms with Crippen molar-refractivity contribution < 1.29 is 19.3 Å². The molecule has 3 heterocycles. The highest BCUT2D eigenvalue weighted by Crippen LogP contribution is 2.53. The first kappa shape index (κ1) is 21.9. The Kier molecular flexibility index (Phi) is 4.86. The summed E-state index contributed by atoms with van der Waals surface area (Å²) in [6, 6.07) is 18.8. The van der Waals surface area contributed by atoms with Gasteiger partial charge in [0.05, 0.1) is 28.5 Å². The summed E-state index contributed by atoms with van der Waals surface area (Å²) in [6.07, 6.45) is 3.63. The number of hydrogen-bond acceptors (Lipinski definition) is 6. The van der Waals surface area contributed by atoms with E-state index in [0.717, 1.165) is 16.7 Å². The number of anilines is 1. The van der Waals surface area contributed by atoms with Crippen LogP contribution in [0.25, 0.3) is 6.08 Å². The largest absolute Gasteiger partial charge is 0.358 e. The molecule has 0 aliphatic carbocycles. The van der Waals surface area contributed by atoms with E-state index in [2.05, 4.69) is 0 Å². The molecule has 3 aromatic rings. The fourth-order valence-corrected chi connectivity index (χ4v) is 5.75. The van der Waals surface area contributed by atoms with E-state index in [0.29, 0.717) is 5.69 Å². The van der Waals surface area contributed by atoms with E-state index in [1.807, 2.05) is 49.4 Å². The number of ketones is 1. The summed E-state index contributed by atoms with van der Waals surface area (Å²) < 4.78 is 0.